The van der Waals surface area contributed by atoms with E-state index in [4.69, 9.17) is 16.1 Å². The monoisotopic (exact) mass is 553 g/mol. The van der Waals surface area contributed by atoms with Gasteiger partial charge in [-0.25, -0.2) is 25.2 Å². The second kappa shape index (κ2) is 17.9. The average Bonchev–Trinajstić information content (AvgIpc) is 2.88. The number of nitrogens with one attached hydrogen (secondary N) is 5. The van der Waals surface area contributed by atoms with Gasteiger partial charge in [-0.15, -0.1) is 0 Å². The lowest BCUT2D eigenvalue weighted by molar-refractivity contribution is -0.145. The highest BCUT2D eigenvalue weighted by atomic mass is 16.4. The molecule has 4 amide bonds. The molecule has 1 aromatic rings. The summed E-state index contributed by atoms with van der Waals surface area (Å²) in [6.07, 6.45) is 3.69. The molecule has 1 aromatic heterocycles. The van der Waals surface area contributed by atoms with Crippen molar-refractivity contribution < 1.29 is 44.1 Å². The Morgan fingerprint density at radius 2 is 1.46 bits per heavy atom. The van der Waals surface area contributed by atoms with Crippen LogP contribution in [0.15, 0.2) is 18.3 Å². The van der Waals surface area contributed by atoms with Crippen molar-refractivity contribution in [2.24, 2.45) is 5.84 Å². The van der Waals surface area contributed by atoms with Gasteiger partial charge in [0.15, 0.2) is 0 Å². The Kier molecular flexibility index (Phi) is 14.9. The Bertz CT molecular complexity index is 989. The quantitative estimate of drug-likeness (QED) is 0.0603. The first kappa shape index (κ1) is 32.6. The zero-order chi connectivity index (χ0) is 29.2. The van der Waals surface area contributed by atoms with Gasteiger partial charge in [-0.05, 0) is 44.2 Å². The van der Waals surface area contributed by atoms with Crippen LogP contribution in [0, 0.1) is 0 Å². The van der Waals surface area contributed by atoms with Gasteiger partial charge >= 0.3 is 23.9 Å². The predicted molar refractivity (Wildman–Crippen MR) is 136 cm³/mol. The normalized spacial score (nSPS) is 11.9. The summed E-state index contributed by atoms with van der Waals surface area (Å²) in [5, 5.41) is 36.4. The van der Waals surface area contributed by atoms with Crippen LogP contribution in [-0.2, 0) is 19.2 Å². The van der Waals surface area contributed by atoms with Crippen molar-refractivity contribution in [3.63, 3.8) is 0 Å². The van der Waals surface area contributed by atoms with Crippen LogP contribution in [0.4, 0.5) is 10.6 Å². The van der Waals surface area contributed by atoms with Gasteiger partial charge in [-0.2, -0.15) is 0 Å². The molecule has 0 saturated heterocycles. The SMILES string of the molecule is NNc1ccc(C(=O)NCCCCCC(=O)NCCCC[C@H](NC(=O)N[C@@H](CC(=O)O)C(=O)O)C(=O)O)cn1. The average molecular weight is 554 g/mol. The third kappa shape index (κ3) is 14.2. The number of hydrogen-bond donors (Lipinski definition) is 9. The molecular formula is C23H35N7O9. The van der Waals surface area contributed by atoms with Gasteiger partial charge in [0.05, 0.1) is 12.0 Å². The van der Waals surface area contributed by atoms with E-state index in [9.17, 15) is 33.9 Å². The minimum Gasteiger partial charge on any atom is -0.481 e. The molecule has 0 aliphatic heterocycles. The van der Waals surface area contributed by atoms with Crippen molar-refractivity contribution in [1.29, 1.82) is 0 Å². The van der Waals surface area contributed by atoms with Crippen LogP contribution in [0.2, 0.25) is 0 Å². The second-order valence-electron chi connectivity index (χ2n) is 8.49. The van der Waals surface area contributed by atoms with Gasteiger partial charge in [0.25, 0.3) is 5.91 Å². The molecule has 0 aliphatic rings. The van der Waals surface area contributed by atoms with Crippen LogP contribution in [0.1, 0.15) is 61.7 Å². The third-order valence-electron chi connectivity index (χ3n) is 5.37. The van der Waals surface area contributed by atoms with E-state index in [1.807, 2.05) is 5.32 Å². The van der Waals surface area contributed by atoms with Crippen LogP contribution in [0.5, 0.6) is 0 Å². The first-order valence-corrected chi connectivity index (χ1v) is 12.3. The number of hydrogen-bond acceptors (Lipinski definition) is 9. The van der Waals surface area contributed by atoms with Gasteiger partial charge in [-0.1, -0.05) is 6.42 Å². The topological polar surface area (TPSA) is 262 Å². The standard InChI is InChI=1S/C23H35N7O9/c24-30-17-9-8-14(13-27-17)20(34)26-11-4-1-2-7-18(31)25-10-5-3-6-15(21(35)36)28-23(39)29-16(22(37)38)12-19(32)33/h8-9,13,15-16H,1-7,10-12,24H2,(H,25,31)(H,26,34)(H,27,30)(H,32,33)(H,35,36)(H,37,38)(H2,28,29,39)/t15-,16-/m0/s1. The molecule has 0 unspecified atom stereocenters. The molecule has 0 bridgehead atoms. The number of carbonyl (C=O) groups excluding carboxylic acids is 3. The smallest absolute Gasteiger partial charge is 0.326 e. The first-order valence-electron chi connectivity index (χ1n) is 12.3. The van der Waals surface area contributed by atoms with Crippen LogP contribution in [0.25, 0.3) is 0 Å². The Morgan fingerprint density at radius 3 is 2.05 bits per heavy atom. The Balaban J connectivity index is 2.17. The summed E-state index contributed by atoms with van der Waals surface area (Å²) in [6, 6.07) is -0.961. The molecule has 16 nitrogen and oxygen atoms in total. The minimum atomic E-state index is -1.71. The van der Waals surface area contributed by atoms with Gasteiger partial charge in [0.1, 0.15) is 17.9 Å². The largest absolute Gasteiger partial charge is 0.481 e. The molecule has 0 aromatic carbocycles. The van der Waals surface area contributed by atoms with Gasteiger partial charge in [0, 0.05) is 25.7 Å². The van der Waals surface area contributed by atoms with E-state index in [1.54, 1.807) is 12.1 Å². The number of aliphatic carboxylic acids is 3. The number of rotatable bonds is 19. The summed E-state index contributed by atoms with van der Waals surface area (Å²) >= 11 is 0. The molecule has 0 spiro atoms. The zero-order valence-electron chi connectivity index (χ0n) is 21.3. The van der Waals surface area contributed by atoms with E-state index in [0.717, 1.165) is 6.42 Å². The van der Waals surface area contributed by atoms with Crippen molar-refractivity contribution in [2.75, 3.05) is 18.5 Å². The van der Waals surface area contributed by atoms with Crippen LogP contribution in [0.3, 0.4) is 0 Å². The van der Waals surface area contributed by atoms with Crippen molar-refractivity contribution in [3.8, 4) is 0 Å². The molecule has 0 radical (unpaired) electrons. The molecule has 0 saturated carbocycles. The van der Waals surface area contributed by atoms with Gasteiger partial charge in [-0.3, -0.25) is 14.4 Å². The number of nitrogens with two attached hydrogens (primary N) is 1. The molecule has 16 heteroatoms. The summed E-state index contributed by atoms with van der Waals surface area (Å²) in [6.45, 7) is 0.754. The molecule has 0 aliphatic carbocycles. The van der Waals surface area contributed by atoms with E-state index in [0.29, 0.717) is 56.6 Å². The highest BCUT2D eigenvalue weighted by molar-refractivity contribution is 5.94. The lowest BCUT2D eigenvalue weighted by atomic mass is 10.1. The highest BCUT2D eigenvalue weighted by Gasteiger charge is 2.26. The molecule has 216 valence electrons. The molecule has 1 rings (SSSR count). The number of unbranched alkanes of at least 4 members (excludes halogenated alkanes) is 3. The lowest BCUT2D eigenvalue weighted by Gasteiger charge is -2.17. The molecule has 39 heavy (non-hydrogen) atoms. The Morgan fingerprint density at radius 1 is 0.821 bits per heavy atom. The first-order chi connectivity index (χ1) is 18.5. The summed E-state index contributed by atoms with van der Waals surface area (Å²) in [4.78, 5) is 72.9. The number of nitrogens with zero attached hydrogens (tertiary/aromatic N) is 1. The lowest BCUT2D eigenvalue weighted by Crippen LogP contribution is -2.51. The number of hydrazine groups is 1. The Labute approximate surface area is 224 Å². The van der Waals surface area contributed by atoms with E-state index in [1.165, 1.54) is 6.20 Å². The van der Waals surface area contributed by atoms with E-state index in [-0.39, 0.29) is 18.2 Å². The number of amides is 4. The molecule has 2 atom stereocenters. The molecule has 0 fully saturated rings. The maximum Gasteiger partial charge on any atom is 0.326 e. The fourth-order valence-electron chi connectivity index (χ4n) is 3.28. The fraction of sp³-hybridized carbons (Fsp3) is 0.522. The van der Waals surface area contributed by atoms with Crippen molar-refractivity contribution >= 4 is 41.6 Å². The van der Waals surface area contributed by atoms with Crippen molar-refractivity contribution in [2.45, 2.75) is 63.5 Å². The number of urea groups is 1. The number of aromatic nitrogens is 1. The van der Waals surface area contributed by atoms with Gasteiger partial charge < -0.3 is 42.0 Å². The Hall–Kier alpha value is -4.47. The molecule has 10 N–H and O–H groups in total. The molecular weight excluding hydrogens is 518 g/mol. The fourth-order valence-corrected chi connectivity index (χ4v) is 3.28. The molecule has 1 heterocycles. The predicted octanol–water partition coefficient (Wildman–Crippen LogP) is -0.376. The van der Waals surface area contributed by atoms with E-state index >= 15 is 0 Å². The van der Waals surface area contributed by atoms with Crippen LogP contribution in [-0.4, -0.2) is 81.2 Å². The number of carboxylic acid groups (broad SMARTS) is 3. The third-order valence-corrected chi connectivity index (χ3v) is 5.37. The number of carboxylic acids is 3. The van der Waals surface area contributed by atoms with Crippen LogP contribution >= 0.6 is 0 Å². The zero-order valence-corrected chi connectivity index (χ0v) is 21.3. The van der Waals surface area contributed by atoms with Crippen molar-refractivity contribution in [1.82, 2.24) is 26.3 Å². The maximum absolute atomic E-state index is 12.0. The number of anilines is 1. The number of pyridine rings is 1. The maximum atomic E-state index is 12.0. The summed E-state index contributed by atoms with van der Waals surface area (Å²) in [7, 11) is 0. The number of nitrogen functional groups attached to an aromatic ring is 1. The highest BCUT2D eigenvalue weighted by Crippen LogP contribution is 2.05. The van der Waals surface area contributed by atoms with E-state index in [2.05, 4.69) is 26.4 Å². The number of carbonyl (C=O) groups is 6. The summed E-state index contributed by atoms with van der Waals surface area (Å²) < 4.78 is 0. The summed E-state index contributed by atoms with van der Waals surface area (Å²) in [5.74, 6) is 0.905. The summed E-state index contributed by atoms with van der Waals surface area (Å²) in [5.41, 5.74) is 2.78. The van der Waals surface area contributed by atoms with Gasteiger partial charge in [0.2, 0.25) is 5.91 Å². The van der Waals surface area contributed by atoms with Crippen LogP contribution < -0.4 is 32.5 Å². The second-order valence-corrected chi connectivity index (χ2v) is 8.49. The van der Waals surface area contributed by atoms with E-state index < -0.39 is 42.4 Å². The van der Waals surface area contributed by atoms with Crippen molar-refractivity contribution in [3.05, 3.63) is 23.9 Å². The minimum absolute atomic E-state index is 0.0190.